The van der Waals surface area contributed by atoms with Crippen molar-refractivity contribution in [1.82, 2.24) is 5.01 Å². The number of hydrogen-bond acceptors (Lipinski definition) is 3. The molecule has 1 aliphatic rings. The summed E-state index contributed by atoms with van der Waals surface area (Å²) in [5.41, 5.74) is 5.87. The molecule has 4 nitrogen and oxygen atoms in total. The van der Waals surface area contributed by atoms with Crippen molar-refractivity contribution in [3.63, 3.8) is 0 Å². The second-order valence-corrected chi connectivity index (χ2v) is 4.26. The van der Waals surface area contributed by atoms with E-state index in [9.17, 15) is 5.11 Å². The highest BCUT2D eigenvalue weighted by atomic mass is 32.1. The van der Waals surface area contributed by atoms with Crippen molar-refractivity contribution in [1.29, 1.82) is 0 Å². The van der Waals surface area contributed by atoms with Crippen molar-refractivity contribution < 1.29 is 5.11 Å². The molecule has 0 aliphatic carbocycles. The molecule has 0 unspecified atom stereocenters. The standard InChI is InChI=1S/C11H13N3OS/c1-8-7-11(15,14(13-8)10(12)16)9-5-3-2-4-6-9/h2-6,15H,7H2,1H3,(H2,12,16)/t11-/m0/s1. The first-order valence-electron chi connectivity index (χ1n) is 4.96. The molecule has 0 aromatic heterocycles. The molecule has 2 rings (SSSR count). The summed E-state index contributed by atoms with van der Waals surface area (Å²) in [7, 11) is 0. The van der Waals surface area contributed by atoms with Crippen LogP contribution < -0.4 is 5.73 Å². The molecule has 84 valence electrons. The minimum atomic E-state index is -1.24. The lowest BCUT2D eigenvalue weighted by Gasteiger charge is -2.31. The zero-order valence-corrected chi connectivity index (χ0v) is 9.74. The summed E-state index contributed by atoms with van der Waals surface area (Å²) in [6, 6.07) is 9.27. The largest absolute Gasteiger partial charge is 0.375 e. The lowest BCUT2D eigenvalue weighted by Crippen LogP contribution is -2.45. The number of hydrazone groups is 1. The van der Waals surface area contributed by atoms with E-state index in [1.807, 2.05) is 37.3 Å². The number of rotatable bonds is 1. The first-order valence-corrected chi connectivity index (χ1v) is 5.36. The summed E-state index contributed by atoms with van der Waals surface area (Å²) in [4.78, 5) is 0. The van der Waals surface area contributed by atoms with Gasteiger partial charge in [-0.2, -0.15) is 5.10 Å². The summed E-state index contributed by atoms with van der Waals surface area (Å²) in [6.07, 6.45) is 0.411. The Morgan fingerprint density at radius 3 is 2.69 bits per heavy atom. The van der Waals surface area contributed by atoms with Gasteiger partial charge in [-0.15, -0.1) is 0 Å². The number of nitrogens with zero attached hydrogens (tertiary/aromatic N) is 2. The maximum atomic E-state index is 10.6. The number of thiocarbonyl (C=S) groups is 1. The summed E-state index contributed by atoms with van der Waals surface area (Å²) < 4.78 is 0. The van der Waals surface area contributed by atoms with E-state index in [1.165, 1.54) is 5.01 Å². The summed E-state index contributed by atoms with van der Waals surface area (Å²) in [6.45, 7) is 1.84. The fraction of sp³-hybridized carbons (Fsp3) is 0.273. The smallest absolute Gasteiger partial charge is 0.192 e. The van der Waals surface area contributed by atoms with Crippen molar-refractivity contribution in [3.05, 3.63) is 35.9 Å². The molecule has 0 fully saturated rings. The molecule has 5 heteroatoms. The Kier molecular flexibility index (Phi) is 2.65. The van der Waals surface area contributed by atoms with Gasteiger partial charge in [0.1, 0.15) is 0 Å². The van der Waals surface area contributed by atoms with Crippen molar-refractivity contribution in [2.75, 3.05) is 0 Å². The molecule has 0 amide bonds. The summed E-state index contributed by atoms with van der Waals surface area (Å²) >= 11 is 4.89. The Morgan fingerprint density at radius 2 is 2.12 bits per heavy atom. The molecule has 1 aromatic rings. The molecular weight excluding hydrogens is 222 g/mol. The van der Waals surface area contributed by atoms with Gasteiger partial charge in [0, 0.05) is 17.7 Å². The van der Waals surface area contributed by atoms with Gasteiger partial charge in [0.05, 0.1) is 0 Å². The first kappa shape index (κ1) is 11.0. The van der Waals surface area contributed by atoms with E-state index in [0.29, 0.717) is 6.42 Å². The van der Waals surface area contributed by atoms with Crippen molar-refractivity contribution in [2.45, 2.75) is 19.1 Å². The monoisotopic (exact) mass is 235 g/mol. The lowest BCUT2D eigenvalue weighted by atomic mass is 9.98. The van der Waals surface area contributed by atoms with E-state index in [2.05, 4.69) is 5.10 Å². The number of benzene rings is 1. The van der Waals surface area contributed by atoms with Crippen LogP contribution >= 0.6 is 12.2 Å². The number of nitrogens with two attached hydrogens (primary N) is 1. The average Bonchev–Trinajstić information content (AvgIpc) is 2.57. The Morgan fingerprint density at radius 1 is 1.50 bits per heavy atom. The normalized spacial score (nSPS) is 24.4. The van der Waals surface area contributed by atoms with Crippen molar-refractivity contribution in [3.8, 4) is 0 Å². The highest BCUT2D eigenvalue weighted by molar-refractivity contribution is 7.80. The van der Waals surface area contributed by atoms with Gasteiger partial charge in [-0.25, -0.2) is 5.01 Å². The van der Waals surface area contributed by atoms with E-state index in [-0.39, 0.29) is 5.11 Å². The summed E-state index contributed by atoms with van der Waals surface area (Å²) in [5, 5.41) is 16.1. The lowest BCUT2D eigenvalue weighted by molar-refractivity contribution is -0.0564. The third kappa shape index (κ3) is 1.68. The van der Waals surface area contributed by atoms with Crippen LogP contribution in [0.25, 0.3) is 0 Å². The first-order chi connectivity index (χ1) is 7.54. The molecule has 1 atom stereocenters. The van der Waals surface area contributed by atoms with Crippen molar-refractivity contribution >= 4 is 23.0 Å². The van der Waals surface area contributed by atoms with Crippen LogP contribution in [0, 0.1) is 0 Å². The van der Waals surface area contributed by atoms with Crippen LogP contribution in [0.5, 0.6) is 0 Å². The maximum Gasteiger partial charge on any atom is 0.192 e. The average molecular weight is 235 g/mol. The second kappa shape index (κ2) is 3.84. The van der Waals surface area contributed by atoms with E-state index in [1.54, 1.807) is 0 Å². The number of hydrogen-bond donors (Lipinski definition) is 2. The van der Waals surface area contributed by atoms with Gasteiger partial charge in [-0.3, -0.25) is 0 Å². The van der Waals surface area contributed by atoms with Gasteiger partial charge < -0.3 is 10.8 Å². The Bertz CT molecular complexity index is 446. The van der Waals surface area contributed by atoms with E-state index in [0.717, 1.165) is 11.3 Å². The SMILES string of the molecule is CC1=NN(C(N)=S)[C@@](O)(c2ccccc2)C1. The molecule has 0 saturated carbocycles. The highest BCUT2D eigenvalue weighted by Gasteiger charge is 2.42. The zero-order chi connectivity index (χ0) is 11.8. The second-order valence-electron chi connectivity index (χ2n) is 3.84. The molecule has 16 heavy (non-hydrogen) atoms. The third-order valence-electron chi connectivity index (χ3n) is 2.57. The number of aliphatic hydroxyl groups is 1. The van der Waals surface area contributed by atoms with Gasteiger partial charge in [0.2, 0.25) is 0 Å². The highest BCUT2D eigenvalue weighted by Crippen LogP contribution is 2.34. The Balaban J connectivity index is 2.43. The molecule has 0 bridgehead atoms. The third-order valence-corrected chi connectivity index (χ3v) is 2.74. The fourth-order valence-electron chi connectivity index (χ4n) is 1.88. The van der Waals surface area contributed by atoms with Crippen molar-refractivity contribution in [2.24, 2.45) is 10.8 Å². The van der Waals surface area contributed by atoms with Gasteiger partial charge in [-0.05, 0) is 19.1 Å². The van der Waals surface area contributed by atoms with Crippen LogP contribution in [0.4, 0.5) is 0 Å². The predicted octanol–water partition coefficient (Wildman–Crippen LogP) is 1.16. The zero-order valence-electron chi connectivity index (χ0n) is 8.92. The minimum Gasteiger partial charge on any atom is -0.375 e. The van der Waals surface area contributed by atoms with Crippen LogP contribution in [0.2, 0.25) is 0 Å². The van der Waals surface area contributed by atoms with Crippen LogP contribution in [0.15, 0.2) is 35.4 Å². The van der Waals surface area contributed by atoms with E-state index >= 15 is 0 Å². The van der Waals surface area contributed by atoms with Gasteiger partial charge in [-0.1, -0.05) is 30.3 Å². The van der Waals surface area contributed by atoms with E-state index < -0.39 is 5.72 Å². The molecule has 1 heterocycles. The van der Waals surface area contributed by atoms with Crippen LogP contribution in [-0.2, 0) is 5.72 Å². The molecule has 1 aromatic carbocycles. The summed E-state index contributed by atoms with van der Waals surface area (Å²) in [5.74, 6) is 0. The van der Waals surface area contributed by atoms with Crippen LogP contribution in [0.3, 0.4) is 0 Å². The maximum absolute atomic E-state index is 10.6. The Labute approximate surface area is 99.4 Å². The van der Waals surface area contributed by atoms with Crippen LogP contribution in [0.1, 0.15) is 18.9 Å². The molecule has 1 aliphatic heterocycles. The molecule has 0 spiro atoms. The Hall–Kier alpha value is -1.46. The van der Waals surface area contributed by atoms with Gasteiger partial charge >= 0.3 is 0 Å². The van der Waals surface area contributed by atoms with Gasteiger partial charge in [0.25, 0.3) is 0 Å². The minimum absolute atomic E-state index is 0.0724. The van der Waals surface area contributed by atoms with Crippen LogP contribution in [-0.4, -0.2) is 20.9 Å². The predicted molar refractivity (Wildman–Crippen MR) is 66.7 cm³/mol. The molecular formula is C11H13N3OS. The molecule has 0 saturated heterocycles. The molecule has 3 N–H and O–H groups in total. The van der Waals surface area contributed by atoms with E-state index in [4.69, 9.17) is 18.0 Å². The van der Waals surface area contributed by atoms with Gasteiger partial charge in [0.15, 0.2) is 10.8 Å². The molecule has 0 radical (unpaired) electrons. The topological polar surface area (TPSA) is 61.8 Å². The quantitative estimate of drug-likeness (QED) is 0.717. The fourth-order valence-corrected chi connectivity index (χ4v) is 2.07.